The maximum atomic E-state index is 12.0. The lowest BCUT2D eigenvalue weighted by atomic mass is 10.0. The van der Waals surface area contributed by atoms with Crippen LogP contribution in [0.2, 0.25) is 5.02 Å². The van der Waals surface area contributed by atoms with Crippen molar-refractivity contribution in [3.05, 3.63) is 56.7 Å². The Balaban J connectivity index is 1.84. The van der Waals surface area contributed by atoms with Crippen molar-refractivity contribution in [3.8, 4) is 0 Å². The second-order valence-corrected chi connectivity index (χ2v) is 6.66. The summed E-state index contributed by atoms with van der Waals surface area (Å²) in [5.41, 5.74) is 2.02. The summed E-state index contributed by atoms with van der Waals surface area (Å²) in [4.78, 5) is 23.9. The predicted molar refractivity (Wildman–Crippen MR) is 90.9 cm³/mol. The van der Waals surface area contributed by atoms with Gasteiger partial charge >= 0.3 is 0 Å². The van der Waals surface area contributed by atoms with Gasteiger partial charge in [0.15, 0.2) is 5.78 Å². The molecule has 0 saturated carbocycles. The molecule has 1 heterocycles. The van der Waals surface area contributed by atoms with Crippen LogP contribution in [0.25, 0.3) is 0 Å². The van der Waals surface area contributed by atoms with Crippen LogP contribution in [0.15, 0.2) is 35.7 Å². The molecular weight excluding hydrogens is 318 g/mol. The molecule has 0 unspecified atom stereocenters. The Bertz CT molecular complexity index is 664. The van der Waals surface area contributed by atoms with E-state index in [-0.39, 0.29) is 17.6 Å². The number of amides is 1. The van der Waals surface area contributed by atoms with Crippen molar-refractivity contribution in [2.45, 2.75) is 26.2 Å². The molecule has 0 fully saturated rings. The molecule has 0 saturated heterocycles. The zero-order chi connectivity index (χ0) is 16.1. The maximum absolute atomic E-state index is 12.0. The number of nitrogens with one attached hydrogen (secondary N) is 1. The molecule has 5 heteroatoms. The lowest BCUT2D eigenvalue weighted by Crippen LogP contribution is -2.28. The van der Waals surface area contributed by atoms with Crippen LogP contribution in [0.1, 0.15) is 40.6 Å². The molecule has 2 aromatic rings. The van der Waals surface area contributed by atoms with E-state index in [4.69, 9.17) is 11.6 Å². The summed E-state index contributed by atoms with van der Waals surface area (Å²) in [7, 11) is 0. The van der Waals surface area contributed by atoms with E-state index in [1.54, 1.807) is 6.07 Å². The molecule has 116 valence electrons. The highest BCUT2D eigenvalue weighted by Gasteiger charge is 2.10. The van der Waals surface area contributed by atoms with Gasteiger partial charge in [-0.05, 0) is 47.5 Å². The Labute approximate surface area is 139 Å². The van der Waals surface area contributed by atoms with E-state index >= 15 is 0 Å². The Hall–Kier alpha value is -1.65. The largest absolute Gasteiger partial charge is 0.355 e. The predicted octanol–water partition coefficient (Wildman–Crippen LogP) is 4.07. The minimum Gasteiger partial charge on any atom is -0.355 e. The molecule has 0 radical (unpaired) electrons. The number of thiophene rings is 1. The third kappa shape index (κ3) is 4.68. The van der Waals surface area contributed by atoms with Crippen LogP contribution in [0, 0.1) is 0 Å². The molecule has 22 heavy (non-hydrogen) atoms. The molecule has 1 aromatic carbocycles. The quantitative estimate of drug-likeness (QED) is 0.809. The molecule has 0 aliphatic rings. The van der Waals surface area contributed by atoms with E-state index in [0.29, 0.717) is 22.9 Å². The van der Waals surface area contributed by atoms with E-state index in [1.807, 2.05) is 29.6 Å². The van der Waals surface area contributed by atoms with E-state index in [1.165, 1.54) is 18.3 Å². The van der Waals surface area contributed by atoms with Crippen molar-refractivity contribution < 1.29 is 9.59 Å². The van der Waals surface area contributed by atoms with E-state index < -0.39 is 0 Å². The topological polar surface area (TPSA) is 46.2 Å². The Morgan fingerprint density at radius 2 is 1.95 bits per heavy atom. The number of benzene rings is 1. The molecule has 1 aromatic heterocycles. The molecule has 1 atom stereocenters. The van der Waals surface area contributed by atoms with Crippen LogP contribution >= 0.6 is 22.9 Å². The number of carbonyl (C=O) groups excluding carboxylic acids is 2. The Morgan fingerprint density at radius 3 is 2.55 bits per heavy atom. The standard InChI is InChI=1S/C17H18ClNO2S/c1-11(14-3-5-15(18)6-4-14)9-19-17(21)8-13-7-16(12(2)20)22-10-13/h3-7,10-11H,8-9H2,1-2H3,(H,19,21)/t11-/m1/s1. The number of Topliss-reactive ketones (excluding diaryl/α,β-unsaturated/α-hetero) is 1. The third-order valence-corrected chi connectivity index (χ3v) is 4.74. The number of ketones is 1. The summed E-state index contributed by atoms with van der Waals surface area (Å²) in [6.45, 7) is 4.16. The monoisotopic (exact) mass is 335 g/mol. The van der Waals surface area contributed by atoms with Crippen molar-refractivity contribution in [2.24, 2.45) is 0 Å². The van der Waals surface area contributed by atoms with Gasteiger partial charge < -0.3 is 5.32 Å². The summed E-state index contributed by atoms with van der Waals surface area (Å²) in [5, 5.41) is 5.50. The molecule has 0 spiro atoms. The SMILES string of the molecule is CC(=O)c1cc(CC(=O)NC[C@@H](C)c2ccc(Cl)cc2)cs1. The zero-order valence-electron chi connectivity index (χ0n) is 12.6. The summed E-state index contributed by atoms with van der Waals surface area (Å²) in [6.07, 6.45) is 0.303. The molecule has 0 aliphatic heterocycles. The number of hydrogen-bond acceptors (Lipinski definition) is 3. The Morgan fingerprint density at radius 1 is 1.27 bits per heavy atom. The molecule has 0 bridgehead atoms. The van der Waals surface area contributed by atoms with Crippen LogP contribution in [-0.4, -0.2) is 18.2 Å². The smallest absolute Gasteiger partial charge is 0.224 e. The van der Waals surface area contributed by atoms with Crippen molar-refractivity contribution in [2.75, 3.05) is 6.54 Å². The maximum Gasteiger partial charge on any atom is 0.224 e. The lowest BCUT2D eigenvalue weighted by Gasteiger charge is -2.13. The summed E-state index contributed by atoms with van der Waals surface area (Å²) in [6, 6.07) is 9.43. The van der Waals surface area contributed by atoms with Crippen LogP contribution in [0.4, 0.5) is 0 Å². The molecular formula is C17H18ClNO2S. The summed E-state index contributed by atoms with van der Waals surface area (Å²) < 4.78 is 0. The first-order chi connectivity index (χ1) is 10.5. The van der Waals surface area contributed by atoms with Crippen LogP contribution in [0.5, 0.6) is 0 Å². The van der Waals surface area contributed by atoms with Crippen LogP contribution < -0.4 is 5.32 Å². The van der Waals surface area contributed by atoms with Gasteiger partial charge in [-0.1, -0.05) is 30.7 Å². The fraction of sp³-hybridized carbons (Fsp3) is 0.294. The summed E-state index contributed by atoms with van der Waals surface area (Å²) in [5.74, 6) is 0.221. The number of rotatable bonds is 6. The van der Waals surface area contributed by atoms with Gasteiger partial charge in [-0.25, -0.2) is 0 Å². The van der Waals surface area contributed by atoms with Gasteiger partial charge in [0.2, 0.25) is 5.91 Å². The number of carbonyl (C=O) groups is 2. The molecule has 0 aliphatic carbocycles. The van der Waals surface area contributed by atoms with Crippen molar-refractivity contribution in [1.29, 1.82) is 0 Å². The minimum atomic E-state index is -0.0336. The average Bonchev–Trinajstić information content (AvgIpc) is 2.94. The van der Waals surface area contributed by atoms with Gasteiger partial charge in [0.1, 0.15) is 0 Å². The summed E-state index contributed by atoms with van der Waals surface area (Å²) >= 11 is 7.25. The Kier molecular flexibility index (Phi) is 5.75. The van der Waals surface area contributed by atoms with E-state index in [2.05, 4.69) is 12.2 Å². The van der Waals surface area contributed by atoms with Crippen LogP contribution in [-0.2, 0) is 11.2 Å². The number of halogens is 1. The second kappa shape index (κ2) is 7.56. The highest BCUT2D eigenvalue weighted by atomic mass is 35.5. The van der Waals surface area contributed by atoms with Gasteiger partial charge in [0, 0.05) is 11.6 Å². The average molecular weight is 336 g/mol. The number of hydrogen-bond donors (Lipinski definition) is 1. The van der Waals surface area contributed by atoms with Gasteiger partial charge in [-0.2, -0.15) is 0 Å². The van der Waals surface area contributed by atoms with Crippen LogP contribution in [0.3, 0.4) is 0 Å². The van der Waals surface area contributed by atoms with Gasteiger partial charge in [-0.3, -0.25) is 9.59 Å². The highest BCUT2D eigenvalue weighted by Crippen LogP contribution is 2.18. The van der Waals surface area contributed by atoms with Crippen molar-refractivity contribution in [1.82, 2.24) is 5.32 Å². The first-order valence-electron chi connectivity index (χ1n) is 7.06. The molecule has 1 amide bonds. The molecule has 3 nitrogen and oxygen atoms in total. The van der Waals surface area contributed by atoms with Gasteiger partial charge in [-0.15, -0.1) is 11.3 Å². The molecule has 1 N–H and O–H groups in total. The zero-order valence-corrected chi connectivity index (χ0v) is 14.1. The van der Waals surface area contributed by atoms with Crippen molar-refractivity contribution in [3.63, 3.8) is 0 Å². The molecule has 2 rings (SSSR count). The van der Waals surface area contributed by atoms with E-state index in [9.17, 15) is 9.59 Å². The highest BCUT2D eigenvalue weighted by molar-refractivity contribution is 7.12. The third-order valence-electron chi connectivity index (χ3n) is 3.41. The van der Waals surface area contributed by atoms with Gasteiger partial charge in [0.25, 0.3) is 0 Å². The normalized spacial score (nSPS) is 12.0. The van der Waals surface area contributed by atoms with Gasteiger partial charge in [0.05, 0.1) is 11.3 Å². The first kappa shape index (κ1) is 16.7. The fourth-order valence-electron chi connectivity index (χ4n) is 2.08. The minimum absolute atomic E-state index is 0.0336. The van der Waals surface area contributed by atoms with Crippen molar-refractivity contribution >= 4 is 34.6 Å². The first-order valence-corrected chi connectivity index (χ1v) is 8.32. The second-order valence-electron chi connectivity index (χ2n) is 5.31. The fourth-order valence-corrected chi connectivity index (χ4v) is 3.02. The van der Waals surface area contributed by atoms with E-state index in [0.717, 1.165) is 11.1 Å². The lowest BCUT2D eigenvalue weighted by molar-refractivity contribution is -0.120.